The summed E-state index contributed by atoms with van der Waals surface area (Å²) in [6.07, 6.45) is -6.45. The predicted molar refractivity (Wildman–Crippen MR) is 127 cm³/mol. The van der Waals surface area contributed by atoms with E-state index < -0.39 is 70.6 Å². The number of sulfone groups is 1. The van der Waals surface area contributed by atoms with E-state index in [0.29, 0.717) is 18.8 Å². The first-order valence-corrected chi connectivity index (χ1v) is 14.1. The molecule has 1 atom stereocenters. The van der Waals surface area contributed by atoms with Crippen LogP contribution in [0.1, 0.15) is 5.69 Å². The van der Waals surface area contributed by atoms with Crippen molar-refractivity contribution in [2.24, 2.45) is 10.9 Å². The number of halogens is 3. The summed E-state index contributed by atoms with van der Waals surface area (Å²) in [6, 6.07) is 7.24. The average Bonchev–Trinajstić information content (AvgIpc) is 3.36. The van der Waals surface area contributed by atoms with Crippen LogP contribution in [0.5, 0.6) is 0 Å². The Balaban J connectivity index is 1.85. The fraction of sp³-hybridized carbons (Fsp3) is 0.300. The summed E-state index contributed by atoms with van der Waals surface area (Å²) in [6.45, 7) is 0.735. The van der Waals surface area contributed by atoms with Gasteiger partial charge in [0.15, 0.2) is 16.1 Å². The predicted octanol–water partition coefficient (Wildman–Crippen LogP) is -0.895. The number of esters is 1. The number of H-pyrrole nitrogens is 1. The van der Waals surface area contributed by atoms with Gasteiger partial charge in [-0.15, -0.1) is 10.2 Å². The molecule has 1 unspecified atom stereocenters. The molecule has 15 nitrogen and oxygen atoms in total. The number of aromatic nitrogens is 5. The number of benzene rings is 1. The summed E-state index contributed by atoms with van der Waals surface area (Å²) in [7, 11) is -9.79. The van der Waals surface area contributed by atoms with Gasteiger partial charge in [0, 0.05) is 24.8 Å². The summed E-state index contributed by atoms with van der Waals surface area (Å²) < 4.78 is 93.3. The molecule has 2 aromatic heterocycles. The number of primary sulfonamides is 1. The minimum absolute atomic E-state index is 0.0361. The number of tetrazole rings is 1. The molecule has 6 N–H and O–H groups in total. The fourth-order valence-electron chi connectivity index (χ4n) is 3.89. The van der Waals surface area contributed by atoms with Crippen molar-refractivity contribution in [2.45, 2.75) is 27.6 Å². The van der Waals surface area contributed by atoms with E-state index in [9.17, 15) is 40.1 Å². The van der Waals surface area contributed by atoms with Crippen molar-refractivity contribution in [3.63, 3.8) is 0 Å². The van der Waals surface area contributed by atoms with E-state index in [1.165, 1.54) is 24.4 Å². The number of alkyl halides is 3. The average molecular weight is 602 g/mol. The molecule has 1 fully saturated rings. The Bertz CT molecular complexity index is 1700. The molecule has 0 saturated carbocycles. The minimum atomic E-state index is -5.45. The lowest BCUT2D eigenvalue weighted by Crippen LogP contribution is -2.56. The Hall–Kier alpha value is -4.03. The van der Waals surface area contributed by atoms with Crippen LogP contribution >= 0.6 is 0 Å². The summed E-state index contributed by atoms with van der Waals surface area (Å²) in [5, 5.41) is 30.9. The van der Waals surface area contributed by atoms with Crippen LogP contribution < -0.4 is 16.2 Å². The molecule has 1 aromatic carbocycles. The molecule has 1 saturated heterocycles. The standard InChI is InChI=1S/C20H18F3N9O6S2/c21-20(22,23)18(33)38-14(25)6-39(34,35)12-3-2-11(15(16(12)40(26,36)37)17-29-31-32-30-17)10-1-4-13(28-5-10)19(7-24)8-27-9-19/h1-5,14,27H,6,8-9,25H2,(H2,26,36,37)(H,29,30,31,32). The molecule has 3 aromatic rings. The van der Waals surface area contributed by atoms with Crippen molar-refractivity contribution >= 4 is 25.8 Å². The van der Waals surface area contributed by atoms with Crippen LogP contribution in [0.25, 0.3) is 22.5 Å². The van der Waals surface area contributed by atoms with Crippen molar-refractivity contribution < 1.29 is 39.5 Å². The molecule has 0 amide bonds. The van der Waals surface area contributed by atoms with Crippen LogP contribution in [0.3, 0.4) is 0 Å². The van der Waals surface area contributed by atoms with E-state index in [1.807, 2.05) is 0 Å². The molecule has 0 spiro atoms. The Morgan fingerprint density at radius 2 is 1.90 bits per heavy atom. The molecule has 0 aliphatic carbocycles. The fourth-order valence-corrected chi connectivity index (χ4v) is 6.80. The molecule has 1 aliphatic rings. The molecule has 4 rings (SSSR count). The van der Waals surface area contributed by atoms with E-state index >= 15 is 0 Å². The smallest absolute Gasteiger partial charge is 0.439 e. The van der Waals surface area contributed by atoms with Gasteiger partial charge in [0.1, 0.15) is 16.1 Å². The van der Waals surface area contributed by atoms with Crippen molar-refractivity contribution in [1.29, 1.82) is 5.26 Å². The number of hydrogen-bond donors (Lipinski definition) is 4. The lowest BCUT2D eigenvalue weighted by molar-refractivity contribution is -0.203. The summed E-state index contributed by atoms with van der Waals surface area (Å²) in [5.74, 6) is -4.57. The highest BCUT2D eigenvalue weighted by Crippen LogP contribution is 2.39. The number of carbonyl (C=O) groups excluding carboxylic acids is 1. The number of sulfonamides is 1. The van der Waals surface area contributed by atoms with Crippen LogP contribution in [0.15, 0.2) is 40.3 Å². The van der Waals surface area contributed by atoms with Crippen molar-refractivity contribution in [1.82, 2.24) is 30.9 Å². The van der Waals surface area contributed by atoms with Crippen molar-refractivity contribution in [3.05, 3.63) is 36.2 Å². The quantitative estimate of drug-likeness (QED) is 0.181. The maximum absolute atomic E-state index is 13.2. The first-order chi connectivity index (χ1) is 18.6. The van der Waals surface area contributed by atoms with Crippen LogP contribution in [-0.4, -0.2) is 79.7 Å². The van der Waals surface area contributed by atoms with E-state index in [4.69, 9.17) is 10.9 Å². The van der Waals surface area contributed by atoms with E-state index in [0.717, 1.165) is 6.07 Å². The zero-order valence-electron chi connectivity index (χ0n) is 19.9. The number of carbonyl (C=O) groups is 1. The second-order valence-corrected chi connectivity index (χ2v) is 12.0. The van der Waals surface area contributed by atoms with Gasteiger partial charge in [0.25, 0.3) is 0 Å². The van der Waals surface area contributed by atoms with Crippen molar-refractivity contribution in [2.75, 3.05) is 18.8 Å². The first kappa shape index (κ1) is 29.0. The number of nitriles is 1. The van der Waals surface area contributed by atoms with Gasteiger partial charge < -0.3 is 10.1 Å². The molecule has 1 aliphatic heterocycles. The molecule has 20 heteroatoms. The van der Waals surface area contributed by atoms with Gasteiger partial charge in [-0.3, -0.25) is 10.7 Å². The van der Waals surface area contributed by atoms with Crippen LogP contribution in [0.4, 0.5) is 13.2 Å². The van der Waals surface area contributed by atoms with Gasteiger partial charge in [0.2, 0.25) is 15.8 Å². The molecular formula is C20H18F3N9O6S2. The van der Waals surface area contributed by atoms with Crippen LogP contribution in [-0.2, 0) is 34.8 Å². The number of nitrogens with zero attached hydrogens (tertiary/aromatic N) is 5. The van der Waals surface area contributed by atoms with Gasteiger partial charge in [-0.1, -0.05) is 12.1 Å². The minimum Gasteiger partial charge on any atom is -0.439 e. The Kier molecular flexibility index (Phi) is 7.37. The Morgan fingerprint density at radius 3 is 2.38 bits per heavy atom. The number of nitrogens with two attached hydrogens (primary N) is 2. The van der Waals surface area contributed by atoms with Crippen LogP contribution in [0, 0.1) is 11.3 Å². The third-order valence-electron chi connectivity index (χ3n) is 5.82. The summed E-state index contributed by atoms with van der Waals surface area (Å²) in [4.78, 5) is 13.4. The molecular weight excluding hydrogens is 583 g/mol. The Labute approximate surface area is 223 Å². The molecule has 3 heterocycles. The zero-order chi connectivity index (χ0) is 29.5. The molecule has 0 radical (unpaired) electrons. The van der Waals surface area contributed by atoms with Crippen LogP contribution in [0.2, 0.25) is 0 Å². The third kappa shape index (κ3) is 5.50. The zero-order valence-corrected chi connectivity index (χ0v) is 21.5. The normalized spacial score (nSPS) is 16.0. The van der Waals surface area contributed by atoms with E-state index in [-0.39, 0.29) is 11.1 Å². The number of pyridine rings is 1. The lowest BCUT2D eigenvalue weighted by atomic mass is 9.79. The van der Waals surface area contributed by atoms with E-state index in [2.05, 4.69) is 41.7 Å². The van der Waals surface area contributed by atoms with Gasteiger partial charge in [-0.05, 0) is 22.9 Å². The SMILES string of the molecule is N#CC1(c2ccc(-c3ccc(S(=O)(=O)CC(N)OC(=O)C(F)(F)F)c(S(N)(=O)=O)c3-c3nn[nH]n3)cn2)CNC1. The van der Waals surface area contributed by atoms with Crippen molar-refractivity contribution in [3.8, 4) is 28.6 Å². The summed E-state index contributed by atoms with van der Waals surface area (Å²) >= 11 is 0. The third-order valence-corrected chi connectivity index (χ3v) is 8.72. The molecule has 212 valence electrons. The summed E-state index contributed by atoms with van der Waals surface area (Å²) in [5.41, 5.74) is 4.75. The Morgan fingerprint density at radius 1 is 1.20 bits per heavy atom. The second kappa shape index (κ2) is 10.2. The topological polar surface area (TPSA) is 250 Å². The van der Waals surface area contributed by atoms with Gasteiger partial charge in [0.05, 0.1) is 22.2 Å². The lowest BCUT2D eigenvalue weighted by Gasteiger charge is -2.35. The maximum Gasteiger partial charge on any atom is 0.490 e. The highest BCUT2D eigenvalue weighted by atomic mass is 32.2. The number of hydrogen-bond acceptors (Lipinski definition) is 13. The van der Waals surface area contributed by atoms with Gasteiger partial charge in [-0.2, -0.15) is 23.6 Å². The second-order valence-electron chi connectivity index (χ2n) is 8.55. The van der Waals surface area contributed by atoms with Gasteiger partial charge in [-0.25, -0.2) is 26.8 Å². The maximum atomic E-state index is 13.2. The number of ether oxygens (including phenoxy) is 1. The largest absolute Gasteiger partial charge is 0.490 e. The first-order valence-electron chi connectivity index (χ1n) is 10.9. The number of aromatic amines is 1. The number of nitrogens with one attached hydrogen (secondary N) is 2. The highest BCUT2D eigenvalue weighted by Gasteiger charge is 2.43. The number of rotatable bonds is 8. The van der Waals surface area contributed by atoms with Gasteiger partial charge >= 0.3 is 12.1 Å². The molecule has 40 heavy (non-hydrogen) atoms. The monoisotopic (exact) mass is 601 g/mol. The highest BCUT2D eigenvalue weighted by molar-refractivity contribution is 7.93. The molecule has 0 bridgehead atoms. The van der Waals surface area contributed by atoms with E-state index in [1.54, 1.807) is 0 Å².